The van der Waals surface area contributed by atoms with Crippen LogP contribution in [-0.2, 0) is 19.1 Å². The first-order valence-electron chi connectivity index (χ1n) is 15.8. The van der Waals surface area contributed by atoms with Crippen molar-refractivity contribution in [1.29, 1.82) is 0 Å². The fraction of sp³-hybridized carbons (Fsp3) is 0.417. The number of fused-ring (bicyclic) bond motifs is 5. The normalized spacial score (nSPS) is 25.1. The minimum atomic E-state index is -1.07. The second-order valence-corrected chi connectivity index (χ2v) is 12.3. The maximum absolute atomic E-state index is 13.3. The predicted octanol–water partition coefficient (Wildman–Crippen LogP) is 5.39. The van der Waals surface area contributed by atoms with Gasteiger partial charge in [0.25, 0.3) is 0 Å². The second kappa shape index (κ2) is 12.0. The van der Waals surface area contributed by atoms with Crippen molar-refractivity contribution in [1.82, 2.24) is 5.32 Å². The first kappa shape index (κ1) is 31.4. The quantitative estimate of drug-likeness (QED) is 0.322. The first-order chi connectivity index (χ1) is 22.0. The molecule has 1 saturated heterocycles. The Hall–Kier alpha value is -4.57. The van der Waals surface area contributed by atoms with E-state index in [1.165, 1.54) is 14.2 Å². The summed E-state index contributed by atoms with van der Waals surface area (Å²) in [6, 6.07) is 0. The van der Waals surface area contributed by atoms with Crippen LogP contribution in [0.2, 0.25) is 0 Å². The molecule has 240 valence electrons. The number of carbonyl (C=O) groups is 2. The predicted molar refractivity (Wildman–Crippen MR) is 176 cm³/mol. The Labute approximate surface area is 268 Å². The lowest BCUT2D eigenvalue weighted by molar-refractivity contribution is -0.143. The van der Waals surface area contributed by atoms with Gasteiger partial charge in [-0.2, -0.15) is 0 Å². The number of carbonyl (C=O) groups excluding carboxylic acids is 2. The van der Waals surface area contributed by atoms with Crippen LogP contribution in [0.3, 0.4) is 0 Å². The number of hydrogen-bond donors (Lipinski definition) is 3. The van der Waals surface area contributed by atoms with E-state index < -0.39 is 11.9 Å². The van der Waals surface area contributed by atoms with Gasteiger partial charge in [0.1, 0.15) is 11.7 Å². The molecule has 5 aliphatic heterocycles. The largest absolute Gasteiger partial charge is 0.510 e. The van der Waals surface area contributed by atoms with Gasteiger partial charge in [-0.25, -0.2) is 15.0 Å². The molecule has 3 N–H and O–H groups in total. The zero-order chi connectivity index (χ0) is 33.0. The number of aliphatic hydroxyl groups is 2. The van der Waals surface area contributed by atoms with Gasteiger partial charge >= 0.3 is 11.9 Å². The molecule has 46 heavy (non-hydrogen) atoms. The van der Waals surface area contributed by atoms with Gasteiger partial charge in [-0.3, -0.25) is 9.59 Å². The molecule has 1 aliphatic carbocycles. The van der Waals surface area contributed by atoms with Crippen LogP contribution in [0, 0.1) is 17.8 Å². The SMILES string of the molecule is CCC1=C(C)C2=NC1=CC1=C(C)C3=C(O)C(C(=O)OC)C(=C4NC(=CC5=NC(=C2)C(CCO)=C5C)[C@@H](C)[C@@H]4CCC(=O)OC)C3=N1. The Morgan fingerprint density at radius 3 is 2.26 bits per heavy atom. The molecule has 0 aromatic carbocycles. The molecule has 0 aromatic heterocycles. The molecule has 6 aliphatic rings. The number of nitrogens with zero attached hydrogens (tertiary/aromatic N) is 3. The number of rotatable bonds is 7. The highest BCUT2D eigenvalue weighted by Gasteiger charge is 2.49. The molecule has 1 unspecified atom stereocenters. The zero-order valence-corrected chi connectivity index (χ0v) is 27.4. The summed E-state index contributed by atoms with van der Waals surface area (Å²) >= 11 is 0. The summed E-state index contributed by atoms with van der Waals surface area (Å²) < 4.78 is 10.2. The summed E-state index contributed by atoms with van der Waals surface area (Å²) in [4.78, 5) is 40.8. The Morgan fingerprint density at radius 1 is 0.935 bits per heavy atom. The number of esters is 2. The van der Waals surface area contributed by atoms with Crippen LogP contribution in [-0.4, -0.2) is 60.1 Å². The van der Waals surface area contributed by atoms with Crippen LogP contribution >= 0.6 is 0 Å². The van der Waals surface area contributed by atoms with Crippen molar-refractivity contribution >= 4 is 29.1 Å². The summed E-state index contributed by atoms with van der Waals surface area (Å²) in [5, 5.41) is 25.2. The van der Waals surface area contributed by atoms with E-state index in [4.69, 9.17) is 24.5 Å². The van der Waals surface area contributed by atoms with Crippen molar-refractivity contribution in [3.05, 3.63) is 91.5 Å². The number of aliphatic imine (C=N–C) groups is 3. The molecule has 6 rings (SSSR count). The number of hydrogen-bond acceptors (Lipinski definition) is 10. The highest BCUT2D eigenvalue weighted by atomic mass is 16.5. The van der Waals surface area contributed by atoms with E-state index >= 15 is 0 Å². The first-order valence-corrected chi connectivity index (χ1v) is 15.8. The zero-order valence-electron chi connectivity index (χ0n) is 27.4. The average molecular weight is 625 g/mol. The van der Waals surface area contributed by atoms with Crippen LogP contribution in [0.15, 0.2) is 106 Å². The summed E-state index contributed by atoms with van der Waals surface area (Å²) in [5.74, 6) is -2.42. The van der Waals surface area contributed by atoms with Crippen LogP contribution < -0.4 is 5.32 Å². The Morgan fingerprint density at radius 2 is 1.61 bits per heavy atom. The van der Waals surface area contributed by atoms with Crippen molar-refractivity contribution in [3.8, 4) is 0 Å². The minimum absolute atomic E-state index is 0.0160. The molecule has 0 aromatic rings. The standard InChI is InChI=1S/C36H40N4O6/c1-8-20-16(2)24-14-28-21(11-12-41)17(3)23(38-28)13-25-18(4)22(9-10-29(42)45-6)33(39-25)31-32(36(44)46-7)35(43)30-19(5)26(40-34(30)31)15-27(20)37-24/h13-15,18,22,32,39,41,43H,8-12H2,1-7H3/t18-,22-,32?/m0/s1. The van der Waals surface area contributed by atoms with E-state index in [0.717, 1.165) is 62.8 Å². The average Bonchev–Trinajstić information content (AvgIpc) is 3.78. The molecular formula is C36H40N4O6. The molecular weight excluding hydrogens is 584 g/mol. The van der Waals surface area contributed by atoms with Crippen molar-refractivity contribution < 1.29 is 29.3 Å². The number of allylic oxidation sites excluding steroid dienone is 11. The van der Waals surface area contributed by atoms with Gasteiger partial charge in [-0.1, -0.05) is 13.8 Å². The monoisotopic (exact) mass is 624 g/mol. The second-order valence-electron chi connectivity index (χ2n) is 12.3. The molecule has 5 heterocycles. The van der Waals surface area contributed by atoms with Crippen LogP contribution in [0.25, 0.3) is 0 Å². The summed E-state index contributed by atoms with van der Waals surface area (Å²) in [5.41, 5.74) is 11.7. The lowest BCUT2D eigenvalue weighted by Gasteiger charge is -2.20. The van der Waals surface area contributed by atoms with Gasteiger partial charge in [-0.05, 0) is 86.1 Å². The van der Waals surface area contributed by atoms with E-state index in [-0.39, 0.29) is 36.6 Å². The summed E-state index contributed by atoms with van der Waals surface area (Å²) in [7, 11) is 2.67. The van der Waals surface area contributed by atoms with E-state index in [0.29, 0.717) is 41.1 Å². The molecule has 0 amide bonds. The Balaban J connectivity index is 1.65. The third kappa shape index (κ3) is 4.86. The Bertz CT molecular complexity index is 1820. The van der Waals surface area contributed by atoms with Crippen LogP contribution in [0.4, 0.5) is 0 Å². The molecule has 0 spiro atoms. The minimum Gasteiger partial charge on any atom is -0.510 e. The lowest BCUT2D eigenvalue weighted by atomic mass is 9.84. The number of nitrogens with one attached hydrogen (secondary N) is 1. The maximum atomic E-state index is 13.3. The molecule has 0 radical (unpaired) electrons. The molecule has 3 atom stereocenters. The van der Waals surface area contributed by atoms with Crippen molar-refractivity contribution in [2.45, 2.75) is 60.3 Å². The van der Waals surface area contributed by atoms with E-state index in [1.807, 2.05) is 32.1 Å². The van der Waals surface area contributed by atoms with Crippen molar-refractivity contribution in [2.24, 2.45) is 32.7 Å². The fourth-order valence-corrected chi connectivity index (χ4v) is 7.35. The third-order valence-corrected chi connectivity index (χ3v) is 9.99. The van der Waals surface area contributed by atoms with Gasteiger partial charge in [0.2, 0.25) is 0 Å². The smallest absolute Gasteiger partial charge is 0.321 e. The van der Waals surface area contributed by atoms with E-state index in [2.05, 4.69) is 26.1 Å². The van der Waals surface area contributed by atoms with Crippen LogP contribution in [0.5, 0.6) is 0 Å². The van der Waals surface area contributed by atoms with E-state index in [1.54, 1.807) is 0 Å². The van der Waals surface area contributed by atoms with Crippen LogP contribution in [0.1, 0.15) is 60.3 Å². The number of aliphatic hydroxyl groups excluding tert-OH is 2. The van der Waals surface area contributed by atoms with Crippen molar-refractivity contribution in [2.75, 3.05) is 20.8 Å². The summed E-state index contributed by atoms with van der Waals surface area (Å²) in [6.45, 7) is 10.1. The fourth-order valence-electron chi connectivity index (χ4n) is 7.35. The van der Waals surface area contributed by atoms with Gasteiger partial charge in [0.05, 0.1) is 48.4 Å². The maximum Gasteiger partial charge on any atom is 0.321 e. The molecule has 10 heteroatoms. The number of methoxy groups -OCH3 is 2. The molecule has 8 bridgehead atoms. The third-order valence-electron chi connectivity index (χ3n) is 9.99. The van der Waals surface area contributed by atoms with Crippen molar-refractivity contribution in [3.63, 3.8) is 0 Å². The van der Waals surface area contributed by atoms with E-state index in [9.17, 15) is 19.8 Å². The van der Waals surface area contributed by atoms with Gasteiger partial charge in [0.15, 0.2) is 0 Å². The van der Waals surface area contributed by atoms with Gasteiger partial charge in [-0.15, -0.1) is 0 Å². The lowest BCUT2D eigenvalue weighted by Crippen LogP contribution is -2.25. The molecule has 0 saturated carbocycles. The highest BCUT2D eigenvalue weighted by molar-refractivity contribution is 6.24. The molecule has 1 fully saturated rings. The van der Waals surface area contributed by atoms with Gasteiger partial charge < -0.3 is 25.0 Å². The Kier molecular flexibility index (Phi) is 8.18. The number of ether oxygens (including phenoxy) is 2. The summed E-state index contributed by atoms with van der Waals surface area (Å²) in [6.07, 6.45) is 7.77. The topological polar surface area (TPSA) is 142 Å². The highest BCUT2D eigenvalue weighted by Crippen LogP contribution is 2.49. The molecule has 10 nitrogen and oxygen atoms in total. The van der Waals surface area contributed by atoms with Gasteiger partial charge in [0, 0.05) is 47.4 Å².